The highest BCUT2D eigenvalue weighted by atomic mass is 16.5. The number of likely N-dealkylation sites (tertiary alicyclic amines) is 1. The molecule has 0 radical (unpaired) electrons. The number of benzene rings is 1. The Bertz CT molecular complexity index is 663. The van der Waals surface area contributed by atoms with Gasteiger partial charge in [0, 0.05) is 45.0 Å². The van der Waals surface area contributed by atoms with E-state index in [4.69, 9.17) is 9.47 Å². The molecule has 0 saturated carbocycles. The predicted molar refractivity (Wildman–Crippen MR) is 108 cm³/mol. The van der Waals surface area contributed by atoms with Crippen molar-refractivity contribution in [2.45, 2.75) is 32.5 Å². The van der Waals surface area contributed by atoms with Crippen molar-refractivity contribution in [3.8, 4) is 5.88 Å². The molecule has 1 N–H and O–H groups in total. The normalized spacial score (nSPS) is 20.5. The van der Waals surface area contributed by atoms with Gasteiger partial charge in [0.2, 0.25) is 5.88 Å². The number of hydrogen-bond donors (Lipinski definition) is 1. The molecule has 2 atom stereocenters. The van der Waals surface area contributed by atoms with Crippen LogP contribution in [0.2, 0.25) is 0 Å². The number of pyridine rings is 1. The molecule has 27 heavy (non-hydrogen) atoms. The molecular weight excluding hydrogens is 338 g/mol. The van der Waals surface area contributed by atoms with Crippen LogP contribution in [-0.2, 0) is 17.8 Å². The molecule has 1 saturated heterocycles. The monoisotopic (exact) mass is 369 g/mol. The second kappa shape index (κ2) is 10.4. The lowest BCUT2D eigenvalue weighted by molar-refractivity contribution is 0.141. The summed E-state index contributed by atoms with van der Waals surface area (Å²) in [5, 5.41) is 3.73. The predicted octanol–water partition coefficient (Wildman–Crippen LogP) is 3.11. The van der Waals surface area contributed by atoms with Crippen molar-refractivity contribution >= 4 is 0 Å². The molecule has 0 spiro atoms. The molecule has 3 rings (SSSR count). The highest BCUT2D eigenvalue weighted by molar-refractivity contribution is 5.18. The van der Waals surface area contributed by atoms with Crippen LogP contribution in [0.15, 0.2) is 48.7 Å². The third-order valence-corrected chi connectivity index (χ3v) is 5.19. The molecular formula is C22H31N3O2. The van der Waals surface area contributed by atoms with Gasteiger partial charge in [0.15, 0.2) is 0 Å². The molecule has 0 unspecified atom stereocenters. The molecule has 5 heteroatoms. The van der Waals surface area contributed by atoms with Crippen LogP contribution in [-0.4, -0.2) is 49.3 Å². The van der Waals surface area contributed by atoms with E-state index >= 15 is 0 Å². The van der Waals surface area contributed by atoms with Crippen LogP contribution in [0, 0.1) is 5.92 Å². The Balaban J connectivity index is 1.47. The fourth-order valence-corrected chi connectivity index (χ4v) is 3.47. The fraction of sp³-hybridized carbons (Fsp3) is 0.500. The first-order valence-electron chi connectivity index (χ1n) is 9.81. The average molecular weight is 370 g/mol. The fourth-order valence-electron chi connectivity index (χ4n) is 3.47. The summed E-state index contributed by atoms with van der Waals surface area (Å²) >= 11 is 0. The van der Waals surface area contributed by atoms with E-state index in [1.807, 2.05) is 12.3 Å². The SMILES string of the molecule is COCCOc1ccc(CN[C@H]2CN(Cc3ccccc3)CC[C@H]2C)cn1. The Morgan fingerprint density at radius 1 is 1.11 bits per heavy atom. The Kier molecular flexibility index (Phi) is 7.63. The van der Waals surface area contributed by atoms with E-state index in [9.17, 15) is 0 Å². The molecule has 1 aliphatic rings. The Morgan fingerprint density at radius 2 is 1.96 bits per heavy atom. The topological polar surface area (TPSA) is 46.6 Å². The van der Waals surface area contributed by atoms with Crippen molar-refractivity contribution in [2.24, 2.45) is 5.92 Å². The molecule has 0 amide bonds. The lowest BCUT2D eigenvalue weighted by atomic mass is 9.93. The van der Waals surface area contributed by atoms with Gasteiger partial charge in [-0.1, -0.05) is 43.3 Å². The Morgan fingerprint density at radius 3 is 2.70 bits per heavy atom. The van der Waals surface area contributed by atoms with Crippen LogP contribution in [0.5, 0.6) is 5.88 Å². The van der Waals surface area contributed by atoms with Crippen LogP contribution in [0.25, 0.3) is 0 Å². The van der Waals surface area contributed by atoms with Gasteiger partial charge in [0.05, 0.1) is 6.61 Å². The van der Waals surface area contributed by atoms with Gasteiger partial charge in [0.25, 0.3) is 0 Å². The Labute approximate surface area is 162 Å². The van der Waals surface area contributed by atoms with Crippen molar-refractivity contribution < 1.29 is 9.47 Å². The van der Waals surface area contributed by atoms with Gasteiger partial charge in [-0.15, -0.1) is 0 Å². The lowest BCUT2D eigenvalue weighted by Crippen LogP contribution is -2.49. The third kappa shape index (κ3) is 6.31. The number of aromatic nitrogens is 1. The maximum Gasteiger partial charge on any atom is 0.213 e. The van der Waals surface area contributed by atoms with Crippen LogP contribution in [0.4, 0.5) is 0 Å². The first-order valence-corrected chi connectivity index (χ1v) is 9.81. The van der Waals surface area contributed by atoms with Gasteiger partial charge in [-0.05, 0) is 30.0 Å². The summed E-state index contributed by atoms with van der Waals surface area (Å²) < 4.78 is 10.5. The van der Waals surface area contributed by atoms with E-state index in [1.165, 1.54) is 24.1 Å². The zero-order chi connectivity index (χ0) is 18.9. The summed E-state index contributed by atoms with van der Waals surface area (Å²) in [7, 11) is 1.67. The number of ether oxygens (including phenoxy) is 2. The number of rotatable bonds is 9. The minimum Gasteiger partial charge on any atom is -0.475 e. The van der Waals surface area contributed by atoms with Crippen LogP contribution in [0.3, 0.4) is 0 Å². The minimum atomic E-state index is 0.500. The molecule has 2 heterocycles. The molecule has 146 valence electrons. The van der Waals surface area contributed by atoms with Crippen molar-refractivity contribution in [3.05, 3.63) is 59.8 Å². The Hall–Kier alpha value is -1.95. The maximum absolute atomic E-state index is 5.52. The smallest absolute Gasteiger partial charge is 0.213 e. The standard InChI is InChI=1S/C22H31N3O2/c1-18-10-11-25(16-19-6-4-3-5-7-19)17-21(18)23-14-20-8-9-22(24-15-20)27-13-12-26-2/h3-9,15,18,21,23H,10-14,16-17H2,1-2H3/t18-,21+/m1/s1. The quantitative estimate of drug-likeness (QED) is 0.688. The highest BCUT2D eigenvalue weighted by Crippen LogP contribution is 2.20. The van der Waals surface area contributed by atoms with E-state index in [0.717, 1.165) is 19.6 Å². The van der Waals surface area contributed by atoms with E-state index in [0.29, 0.717) is 31.1 Å². The molecule has 2 aromatic rings. The van der Waals surface area contributed by atoms with Crippen molar-refractivity contribution in [1.82, 2.24) is 15.2 Å². The molecule has 0 aliphatic carbocycles. The van der Waals surface area contributed by atoms with Gasteiger partial charge < -0.3 is 14.8 Å². The average Bonchev–Trinajstić information content (AvgIpc) is 2.70. The molecule has 1 aromatic carbocycles. The second-order valence-electron chi connectivity index (χ2n) is 7.32. The van der Waals surface area contributed by atoms with Crippen molar-refractivity contribution in [2.75, 3.05) is 33.4 Å². The van der Waals surface area contributed by atoms with E-state index < -0.39 is 0 Å². The van der Waals surface area contributed by atoms with E-state index in [1.54, 1.807) is 7.11 Å². The summed E-state index contributed by atoms with van der Waals surface area (Å²) in [6.45, 7) is 7.57. The second-order valence-corrected chi connectivity index (χ2v) is 7.32. The highest BCUT2D eigenvalue weighted by Gasteiger charge is 2.25. The number of methoxy groups -OCH3 is 1. The van der Waals surface area contributed by atoms with Gasteiger partial charge in [-0.25, -0.2) is 4.98 Å². The van der Waals surface area contributed by atoms with Crippen molar-refractivity contribution in [1.29, 1.82) is 0 Å². The summed E-state index contributed by atoms with van der Waals surface area (Å²) in [5.41, 5.74) is 2.57. The van der Waals surface area contributed by atoms with Gasteiger partial charge in [0.1, 0.15) is 6.61 Å². The van der Waals surface area contributed by atoms with Crippen LogP contribution >= 0.6 is 0 Å². The summed E-state index contributed by atoms with van der Waals surface area (Å²) in [5.74, 6) is 1.33. The molecule has 0 bridgehead atoms. The third-order valence-electron chi connectivity index (χ3n) is 5.19. The van der Waals surface area contributed by atoms with Crippen LogP contribution in [0.1, 0.15) is 24.5 Å². The molecule has 1 aliphatic heterocycles. The summed E-state index contributed by atoms with van der Waals surface area (Å²) in [4.78, 5) is 6.93. The number of nitrogens with zero attached hydrogens (tertiary/aromatic N) is 2. The van der Waals surface area contributed by atoms with Gasteiger partial charge in [-0.2, -0.15) is 0 Å². The molecule has 5 nitrogen and oxygen atoms in total. The van der Waals surface area contributed by atoms with Gasteiger partial charge in [-0.3, -0.25) is 4.90 Å². The lowest BCUT2D eigenvalue weighted by Gasteiger charge is -2.37. The largest absolute Gasteiger partial charge is 0.475 e. The minimum absolute atomic E-state index is 0.500. The number of nitrogens with one attached hydrogen (secondary N) is 1. The summed E-state index contributed by atoms with van der Waals surface area (Å²) in [6.07, 6.45) is 3.12. The van der Waals surface area contributed by atoms with Crippen LogP contribution < -0.4 is 10.1 Å². The molecule has 1 aromatic heterocycles. The zero-order valence-electron chi connectivity index (χ0n) is 16.4. The first kappa shape index (κ1) is 19.8. The summed E-state index contributed by atoms with van der Waals surface area (Å²) in [6, 6.07) is 15.2. The maximum atomic E-state index is 5.52. The number of piperidine rings is 1. The first-order chi connectivity index (χ1) is 13.2. The van der Waals surface area contributed by atoms with E-state index in [2.05, 4.69) is 58.5 Å². The zero-order valence-corrected chi connectivity index (χ0v) is 16.4. The van der Waals surface area contributed by atoms with Gasteiger partial charge >= 0.3 is 0 Å². The number of hydrogen-bond acceptors (Lipinski definition) is 5. The molecule has 1 fully saturated rings. The van der Waals surface area contributed by atoms with E-state index in [-0.39, 0.29) is 0 Å². The van der Waals surface area contributed by atoms with Crippen molar-refractivity contribution in [3.63, 3.8) is 0 Å².